The molecular formula is C13H14ClN3O2S. The van der Waals surface area contributed by atoms with Crippen LogP contribution in [-0.4, -0.2) is 27.1 Å². The molecule has 0 radical (unpaired) electrons. The lowest BCUT2D eigenvalue weighted by Gasteiger charge is -2.12. The van der Waals surface area contributed by atoms with Crippen molar-refractivity contribution in [3.63, 3.8) is 0 Å². The van der Waals surface area contributed by atoms with Crippen molar-refractivity contribution in [3.8, 4) is 0 Å². The van der Waals surface area contributed by atoms with Crippen molar-refractivity contribution >= 4 is 29.0 Å². The molecule has 0 fully saturated rings. The number of amides is 1. The van der Waals surface area contributed by atoms with Gasteiger partial charge in [-0.2, -0.15) is 0 Å². The standard InChI is InChI=1S/C13H14ClN3O2S/c1-2-10-12(20-17-16-10)13(19)15-7-11(18)8-4-3-5-9(14)6-8/h3-6,11,18H,2,7H2,1H3,(H,15,19). The van der Waals surface area contributed by atoms with Gasteiger partial charge in [-0.1, -0.05) is 35.1 Å². The fourth-order valence-corrected chi connectivity index (χ4v) is 2.58. The zero-order valence-corrected chi connectivity index (χ0v) is 12.4. The van der Waals surface area contributed by atoms with Crippen LogP contribution in [0.3, 0.4) is 0 Å². The highest BCUT2D eigenvalue weighted by molar-refractivity contribution is 7.08. The van der Waals surface area contributed by atoms with Gasteiger partial charge in [0.15, 0.2) is 0 Å². The first kappa shape index (κ1) is 14.9. The molecule has 1 amide bonds. The van der Waals surface area contributed by atoms with Gasteiger partial charge in [-0.3, -0.25) is 4.79 Å². The van der Waals surface area contributed by atoms with Crippen LogP contribution in [0.25, 0.3) is 0 Å². The quantitative estimate of drug-likeness (QED) is 0.888. The predicted molar refractivity (Wildman–Crippen MR) is 78.0 cm³/mol. The third-order valence-corrected chi connectivity index (χ3v) is 3.79. The molecule has 1 unspecified atom stereocenters. The Bertz CT molecular complexity index is 603. The number of aromatic nitrogens is 2. The molecule has 2 rings (SSSR count). The Morgan fingerprint density at radius 1 is 1.55 bits per heavy atom. The number of aliphatic hydroxyl groups excluding tert-OH is 1. The molecule has 0 saturated carbocycles. The number of hydrogen-bond donors (Lipinski definition) is 2. The molecule has 5 nitrogen and oxygen atoms in total. The SMILES string of the molecule is CCc1nnsc1C(=O)NCC(O)c1cccc(Cl)c1. The van der Waals surface area contributed by atoms with Crippen LogP contribution in [0, 0.1) is 0 Å². The van der Waals surface area contributed by atoms with Crippen LogP contribution in [0.4, 0.5) is 0 Å². The Morgan fingerprint density at radius 2 is 2.35 bits per heavy atom. The summed E-state index contributed by atoms with van der Waals surface area (Å²) in [5.41, 5.74) is 1.33. The first-order valence-corrected chi connectivity index (χ1v) is 7.30. The van der Waals surface area contributed by atoms with Crippen LogP contribution in [0.1, 0.15) is 34.0 Å². The largest absolute Gasteiger partial charge is 0.387 e. The van der Waals surface area contributed by atoms with Crippen molar-refractivity contribution in [2.75, 3.05) is 6.54 Å². The van der Waals surface area contributed by atoms with E-state index in [1.165, 1.54) is 0 Å². The van der Waals surface area contributed by atoms with E-state index < -0.39 is 6.10 Å². The fraction of sp³-hybridized carbons (Fsp3) is 0.308. The monoisotopic (exact) mass is 311 g/mol. The molecule has 0 bridgehead atoms. The van der Waals surface area contributed by atoms with Crippen molar-refractivity contribution < 1.29 is 9.90 Å². The number of carbonyl (C=O) groups excluding carboxylic acids is 1. The molecule has 1 atom stereocenters. The highest BCUT2D eigenvalue weighted by Crippen LogP contribution is 2.17. The number of hydrogen-bond acceptors (Lipinski definition) is 5. The van der Waals surface area contributed by atoms with Gasteiger partial charge in [0.1, 0.15) is 4.88 Å². The normalized spacial score (nSPS) is 12.2. The lowest BCUT2D eigenvalue weighted by molar-refractivity contribution is 0.0919. The van der Waals surface area contributed by atoms with Gasteiger partial charge in [0, 0.05) is 11.6 Å². The van der Waals surface area contributed by atoms with Gasteiger partial charge >= 0.3 is 0 Å². The third-order valence-electron chi connectivity index (χ3n) is 2.79. The maximum atomic E-state index is 12.0. The highest BCUT2D eigenvalue weighted by Gasteiger charge is 2.16. The van der Waals surface area contributed by atoms with Crippen LogP contribution < -0.4 is 5.32 Å². The van der Waals surface area contributed by atoms with E-state index in [-0.39, 0.29) is 12.5 Å². The van der Waals surface area contributed by atoms with E-state index in [9.17, 15) is 9.90 Å². The fourth-order valence-electron chi connectivity index (χ4n) is 1.71. The minimum Gasteiger partial charge on any atom is -0.387 e. The maximum Gasteiger partial charge on any atom is 0.265 e. The number of carbonyl (C=O) groups is 1. The van der Waals surface area contributed by atoms with Gasteiger partial charge < -0.3 is 10.4 Å². The molecule has 20 heavy (non-hydrogen) atoms. The number of aliphatic hydroxyl groups is 1. The van der Waals surface area contributed by atoms with E-state index in [0.29, 0.717) is 27.6 Å². The average Bonchev–Trinajstić information content (AvgIpc) is 2.92. The topological polar surface area (TPSA) is 75.1 Å². The molecule has 0 spiro atoms. The second-order valence-corrected chi connectivity index (χ2v) is 5.37. The van der Waals surface area contributed by atoms with E-state index in [2.05, 4.69) is 14.9 Å². The summed E-state index contributed by atoms with van der Waals surface area (Å²) in [6.07, 6.45) is -0.153. The van der Waals surface area contributed by atoms with E-state index in [1.807, 2.05) is 6.92 Å². The molecule has 0 aliphatic carbocycles. The molecule has 1 heterocycles. The number of rotatable bonds is 5. The van der Waals surface area contributed by atoms with Gasteiger partial charge in [0.05, 0.1) is 11.8 Å². The van der Waals surface area contributed by atoms with Gasteiger partial charge in [-0.25, -0.2) is 0 Å². The third kappa shape index (κ3) is 3.53. The summed E-state index contributed by atoms with van der Waals surface area (Å²) in [6.45, 7) is 2.02. The van der Waals surface area contributed by atoms with Gasteiger partial charge in [-0.05, 0) is 35.6 Å². The first-order chi connectivity index (χ1) is 9.61. The Morgan fingerprint density at radius 3 is 3.05 bits per heavy atom. The zero-order chi connectivity index (χ0) is 14.5. The van der Waals surface area contributed by atoms with Gasteiger partial charge in [0.2, 0.25) is 0 Å². The van der Waals surface area contributed by atoms with E-state index in [0.717, 1.165) is 11.5 Å². The molecule has 0 aliphatic heterocycles. The maximum absolute atomic E-state index is 12.0. The van der Waals surface area contributed by atoms with E-state index in [1.54, 1.807) is 24.3 Å². The molecule has 1 aromatic heterocycles. The van der Waals surface area contributed by atoms with Crippen LogP contribution in [0.15, 0.2) is 24.3 Å². The number of nitrogens with one attached hydrogen (secondary N) is 1. The Labute approximate surface area is 125 Å². The lowest BCUT2D eigenvalue weighted by atomic mass is 10.1. The smallest absolute Gasteiger partial charge is 0.265 e. The molecule has 0 saturated heterocycles. The Kier molecular flexibility index (Phi) is 5.05. The van der Waals surface area contributed by atoms with Crippen molar-refractivity contribution in [1.82, 2.24) is 14.9 Å². The second-order valence-electron chi connectivity index (χ2n) is 4.18. The van der Waals surface area contributed by atoms with E-state index in [4.69, 9.17) is 11.6 Å². The summed E-state index contributed by atoms with van der Waals surface area (Å²) in [6, 6.07) is 6.91. The molecule has 2 N–H and O–H groups in total. The minimum absolute atomic E-state index is 0.111. The van der Waals surface area contributed by atoms with Crippen LogP contribution in [-0.2, 0) is 6.42 Å². The molecule has 0 aliphatic rings. The van der Waals surface area contributed by atoms with Gasteiger partial charge in [0.25, 0.3) is 5.91 Å². The number of halogens is 1. The van der Waals surface area contributed by atoms with E-state index >= 15 is 0 Å². The highest BCUT2D eigenvalue weighted by atomic mass is 35.5. The summed E-state index contributed by atoms with van der Waals surface area (Å²) in [5, 5.41) is 17.1. The Hall–Kier alpha value is -1.50. The second kappa shape index (κ2) is 6.78. The summed E-state index contributed by atoms with van der Waals surface area (Å²) in [7, 11) is 0. The van der Waals surface area contributed by atoms with Crippen LogP contribution in [0.2, 0.25) is 5.02 Å². The molecular weight excluding hydrogens is 298 g/mol. The summed E-state index contributed by atoms with van der Waals surface area (Å²) >= 11 is 6.92. The van der Waals surface area contributed by atoms with Crippen molar-refractivity contribution in [2.24, 2.45) is 0 Å². The minimum atomic E-state index is -0.802. The van der Waals surface area contributed by atoms with Gasteiger partial charge in [-0.15, -0.1) is 5.10 Å². The number of aryl methyl sites for hydroxylation is 1. The summed E-state index contributed by atoms with van der Waals surface area (Å²) in [4.78, 5) is 12.5. The predicted octanol–water partition coefficient (Wildman–Crippen LogP) is 2.22. The molecule has 106 valence electrons. The molecule has 2 aromatic rings. The Balaban J connectivity index is 1.97. The van der Waals surface area contributed by atoms with Crippen molar-refractivity contribution in [1.29, 1.82) is 0 Å². The summed E-state index contributed by atoms with van der Waals surface area (Å²) < 4.78 is 3.76. The van der Waals surface area contributed by atoms with Crippen LogP contribution >= 0.6 is 23.1 Å². The summed E-state index contributed by atoms with van der Waals surface area (Å²) in [5.74, 6) is -0.266. The average molecular weight is 312 g/mol. The lowest BCUT2D eigenvalue weighted by Crippen LogP contribution is -2.28. The van der Waals surface area contributed by atoms with Crippen LogP contribution in [0.5, 0.6) is 0 Å². The first-order valence-electron chi connectivity index (χ1n) is 6.14. The molecule has 1 aromatic carbocycles. The molecule has 7 heteroatoms. The van der Waals surface area contributed by atoms with Crippen molar-refractivity contribution in [2.45, 2.75) is 19.4 Å². The number of nitrogens with zero attached hydrogens (tertiary/aromatic N) is 2. The number of benzene rings is 1. The van der Waals surface area contributed by atoms with Crippen molar-refractivity contribution in [3.05, 3.63) is 45.4 Å². The zero-order valence-electron chi connectivity index (χ0n) is 10.8.